The summed E-state index contributed by atoms with van der Waals surface area (Å²) < 4.78 is 1.48. The third kappa shape index (κ3) is 3.95. The van der Waals surface area contributed by atoms with Gasteiger partial charge in [0.15, 0.2) is 5.60 Å². The maximum Gasteiger partial charge on any atom is 0.279 e. The lowest BCUT2D eigenvalue weighted by molar-refractivity contribution is -0.139. The first-order valence-electron chi connectivity index (χ1n) is 11.8. The predicted molar refractivity (Wildman–Crippen MR) is 140 cm³/mol. The first-order valence-corrected chi connectivity index (χ1v) is 12.1. The van der Waals surface area contributed by atoms with Crippen molar-refractivity contribution in [2.45, 2.75) is 25.5 Å². The number of nitrogens with zero attached hydrogens (tertiary/aromatic N) is 2. The molecule has 7 nitrogen and oxygen atoms in total. The standard InChI is InChI=1S/C28H26ClN3O4/c1-18(7-4-5-14-33)28(36)23-16-20(29)12-13-25(23)31(27(28)35)17-19-8-6-9-21(15-19)32-26(34)22-10-2-3-11-24(22)30-32/h2-4,6-13,15-16,18,30,33,36H,5,14,17H2,1H3/b7-4+/t18-,28+/m1/s1. The molecule has 0 aliphatic carbocycles. The first kappa shape index (κ1) is 24.1. The van der Waals surface area contributed by atoms with Crippen LogP contribution >= 0.6 is 11.6 Å². The van der Waals surface area contributed by atoms with E-state index in [4.69, 9.17) is 16.7 Å². The zero-order valence-electron chi connectivity index (χ0n) is 19.7. The lowest BCUT2D eigenvalue weighted by atomic mass is 9.83. The quantitative estimate of drug-likeness (QED) is 0.328. The van der Waals surface area contributed by atoms with Crippen molar-refractivity contribution in [3.05, 3.63) is 105 Å². The SMILES string of the molecule is C[C@H](/C=C/CCO)[C@@]1(O)C(=O)N(Cc2cccc(-n3[nH]c4ccccc4c3=O)c2)c2ccc(Cl)cc21. The number of benzene rings is 3. The number of aromatic amines is 1. The smallest absolute Gasteiger partial charge is 0.279 e. The molecule has 2 atom stereocenters. The van der Waals surface area contributed by atoms with E-state index in [-0.39, 0.29) is 18.7 Å². The van der Waals surface area contributed by atoms with E-state index in [0.29, 0.717) is 33.8 Å². The molecule has 0 spiro atoms. The summed E-state index contributed by atoms with van der Waals surface area (Å²) in [6.07, 6.45) is 3.93. The summed E-state index contributed by atoms with van der Waals surface area (Å²) >= 11 is 6.25. The fourth-order valence-electron chi connectivity index (χ4n) is 4.81. The summed E-state index contributed by atoms with van der Waals surface area (Å²) in [6, 6.07) is 19.8. The highest BCUT2D eigenvalue weighted by Gasteiger charge is 2.52. The Morgan fingerprint density at radius 1 is 1.08 bits per heavy atom. The minimum absolute atomic E-state index is 0.0140. The number of para-hydroxylation sites is 1. The highest BCUT2D eigenvalue weighted by molar-refractivity contribution is 6.31. The molecule has 3 N–H and O–H groups in total. The maximum absolute atomic E-state index is 13.7. The zero-order valence-corrected chi connectivity index (χ0v) is 20.4. The van der Waals surface area contributed by atoms with Gasteiger partial charge in [-0.2, -0.15) is 0 Å². The molecule has 36 heavy (non-hydrogen) atoms. The monoisotopic (exact) mass is 503 g/mol. The molecule has 4 aromatic rings. The fraction of sp³-hybridized carbons (Fsp3) is 0.214. The van der Waals surface area contributed by atoms with Gasteiger partial charge in [0.25, 0.3) is 11.5 Å². The number of hydrogen-bond donors (Lipinski definition) is 3. The van der Waals surface area contributed by atoms with Crippen molar-refractivity contribution in [3.63, 3.8) is 0 Å². The predicted octanol–water partition coefficient (Wildman–Crippen LogP) is 4.28. The summed E-state index contributed by atoms with van der Waals surface area (Å²) in [7, 11) is 0. The van der Waals surface area contributed by atoms with Gasteiger partial charge in [-0.1, -0.05) is 54.9 Å². The Labute approximate surface area is 212 Å². The van der Waals surface area contributed by atoms with Gasteiger partial charge in [0.05, 0.1) is 28.8 Å². The zero-order chi connectivity index (χ0) is 25.4. The molecule has 1 aliphatic rings. The second-order valence-corrected chi connectivity index (χ2v) is 9.45. The Balaban J connectivity index is 1.51. The molecular weight excluding hydrogens is 478 g/mol. The van der Waals surface area contributed by atoms with Gasteiger partial charge in [-0.05, 0) is 54.4 Å². The molecule has 1 aliphatic heterocycles. The largest absolute Gasteiger partial charge is 0.396 e. The van der Waals surface area contributed by atoms with E-state index in [1.165, 1.54) is 4.68 Å². The topological polar surface area (TPSA) is 98.6 Å². The minimum atomic E-state index is -1.79. The van der Waals surface area contributed by atoms with Crippen molar-refractivity contribution in [1.82, 2.24) is 9.78 Å². The molecule has 3 aromatic carbocycles. The number of aliphatic hydroxyl groups excluding tert-OH is 1. The number of fused-ring (bicyclic) bond motifs is 2. The minimum Gasteiger partial charge on any atom is -0.396 e. The van der Waals surface area contributed by atoms with Gasteiger partial charge in [-0.25, -0.2) is 4.68 Å². The molecule has 1 aromatic heterocycles. The molecule has 184 valence electrons. The van der Waals surface area contributed by atoms with Crippen molar-refractivity contribution in [2.75, 3.05) is 11.5 Å². The van der Waals surface area contributed by atoms with Gasteiger partial charge >= 0.3 is 0 Å². The van der Waals surface area contributed by atoms with Crippen LogP contribution in [0.1, 0.15) is 24.5 Å². The van der Waals surface area contributed by atoms with Crippen LogP contribution in [-0.2, 0) is 16.9 Å². The van der Waals surface area contributed by atoms with Crippen LogP contribution in [0.5, 0.6) is 0 Å². The molecule has 1 amide bonds. The number of carbonyl (C=O) groups excluding carboxylic acids is 1. The van der Waals surface area contributed by atoms with E-state index >= 15 is 0 Å². The highest BCUT2D eigenvalue weighted by atomic mass is 35.5. The molecule has 2 heterocycles. The van der Waals surface area contributed by atoms with Crippen LogP contribution in [0, 0.1) is 5.92 Å². The molecule has 0 bridgehead atoms. The Morgan fingerprint density at radius 3 is 2.67 bits per heavy atom. The van der Waals surface area contributed by atoms with E-state index in [0.717, 1.165) is 11.1 Å². The number of aromatic nitrogens is 2. The van der Waals surface area contributed by atoms with Crippen LogP contribution < -0.4 is 10.5 Å². The summed E-state index contributed by atoms with van der Waals surface area (Å²) in [5.41, 5.74) is 1.26. The number of aliphatic hydroxyl groups is 2. The number of nitrogens with one attached hydrogen (secondary N) is 1. The third-order valence-electron chi connectivity index (χ3n) is 6.71. The van der Waals surface area contributed by atoms with Gasteiger partial charge in [0.2, 0.25) is 0 Å². The maximum atomic E-state index is 13.7. The molecule has 0 radical (unpaired) electrons. The molecule has 0 unspecified atom stereocenters. The van der Waals surface area contributed by atoms with Gasteiger partial charge in [-0.15, -0.1) is 0 Å². The number of rotatable bonds is 7. The van der Waals surface area contributed by atoms with Gasteiger partial charge in [0.1, 0.15) is 0 Å². The average molecular weight is 504 g/mol. The first-order chi connectivity index (χ1) is 17.3. The normalized spacial score (nSPS) is 18.3. The van der Waals surface area contributed by atoms with Gasteiger partial charge in [0, 0.05) is 23.1 Å². The number of halogens is 1. The molecule has 8 heteroatoms. The molecule has 0 fully saturated rings. The number of amides is 1. The Hall–Kier alpha value is -3.65. The number of hydrogen-bond acceptors (Lipinski definition) is 4. The van der Waals surface area contributed by atoms with Gasteiger partial charge < -0.3 is 15.1 Å². The lowest BCUT2D eigenvalue weighted by Crippen LogP contribution is -2.44. The van der Waals surface area contributed by atoms with Gasteiger partial charge in [-0.3, -0.25) is 14.7 Å². The van der Waals surface area contributed by atoms with Crippen molar-refractivity contribution < 1.29 is 15.0 Å². The number of anilines is 1. The summed E-state index contributed by atoms with van der Waals surface area (Å²) in [5, 5.41) is 24.9. The second kappa shape index (κ2) is 9.43. The van der Waals surface area contributed by atoms with Crippen molar-refractivity contribution in [1.29, 1.82) is 0 Å². The summed E-state index contributed by atoms with van der Waals surface area (Å²) in [5.74, 6) is -0.996. The van der Waals surface area contributed by atoms with E-state index in [1.807, 2.05) is 42.5 Å². The fourth-order valence-corrected chi connectivity index (χ4v) is 4.98. The van der Waals surface area contributed by atoms with E-state index in [9.17, 15) is 14.7 Å². The van der Waals surface area contributed by atoms with E-state index in [1.54, 1.807) is 48.2 Å². The lowest BCUT2D eigenvalue weighted by Gasteiger charge is -2.27. The van der Waals surface area contributed by atoms with Crippen LogP contribution in [0.3, 0.4) is 0 Å². The van der Waals surface area contributed by atoms with Crippen LogP contribution in [-0.4, -0.2) is 32.5 Å². The van der Waals surface area contributed by atoms with Crippen LogP contribution in [0.4, 0.5) is 5.69 Å². The Bertz CT molecular complexity index is 1540. The van der Waals surface area contributed by atoms with Crippen molar-refractivity contribution >= 4 is 34.1 Å². The molecule has 5 rings (SSSR count). The highest BCUT2D eigenvalue weighted by Crippen LogP contribution is 2.46. The Morgan fingerprint density at radius 2 is 1.89 bits per heavy atom. The molecule has 0 saturated heterocycles. The molecule has 0 saturated carbocycles. The number of carbonyl (C=O) groups is 1. The van der Waals surface area contributed by atoms with Crippen LogP contribution in [0.2, 0.25) is 5.02 Å². The third-order valence-corrected chi connectivity index (χ3v) is 6.95. The summed E-state index contributed by atoms with van der Waals surface area (Å²) in [6.45, 7) is 1.95. The average Bonchev–Trinajstić information content (AvgIpc) is 3.32. The Kier molecular flexibility index (Phi) is 6.30. The molecular formula is C28H26ClN3O4. The number of H-pyrrole nitrogens is 1. The van der Waals surface area contributed by atoms with Crippen LogP contribution in [0.15, 0.2) is 83.7 Å². The second-order valence-electron chi connectivity index (χ2n) is 9.02. The van der Waals surface area contributed by atoms with Crippen molar-refractivity contribution in [3.8, 4) is 5.69 Å². The summed E-state index contributed by atoms with van der Waals surface area (Å²) in [4.78, 5) is 28.1. The van der Waals surface area contributed by atoms with E-state index in [2.05, 4.69) is 5.10 Å². The van der Waals surface area contributed by atoms with Crippen molar-refractivity contribution in [2.24, 2.45) is 5.92 Å². The van der Waals surface area contributed by atoms with Crippen LogP contribution in [0.25, 0.3) is 16.6 Å². The van der Waals surface area contributed by atoms with E-state index < -0.39 is 17.4 Å².